The fourth-order valence-corrected chi connectivity index (χ4v) is 5.35. The van der Waals surface area contributed by atoms with Gasteiger partial charge in [0.05, 0.1) is 18.5 Å². The van der Waals surface area contributed by atoms with Crippen LogP contribution in [0.15, 0.2) is 23.5 Å². The van der Waals surface area contributed by atoms with E-state index in [9.17, 15) is 18.8 Å². The van der Waals surface area contributed by atoms with Crippen molar-refractivity contribution >= 4 is 16.0 Å². The topological polar surface area (TPSA) is 146 Å². The molecule has 0 bridgehead atoms. The van der Waals surface area contributed by atoms with Gasteiger partial charge in [-0.15, -0.1) is 0 Å². The van der Waals surface area contributed by atoms with Crippen LogP contribution in [0.1, 0.15) is 37.7 Å². The van der Waals surface area contributed by atoms with Crippen LogP contribution in [-0.4, -0.2) is 68.9 Å². The molecule has 0 aromatic carbocycles. The first-order chi connectivity index (χ1) is 14.9. The molecular weight excluding hydrogens is 422 g/mol. The first-order valence-corrected chi connectivity index (χ1v) is 11.7. The Balaban J connectivity index is 1.39. The summed E-state index contributed by atoms with van der Waals surface area (Å²) >= 11 is 0. The number of sulfonamides is 1. The van der Waals surface area contributed by atoms with Gasteiger partial charge >= 0.3 is 0 Å². The smallest absolute Gasteiger partial charge is 0.246 e. The van der Waals surface area contributed by atoms with Crippen molar-refractivity contribution in [3.63, 3.8) is 0 Å². The molecule has 1 saturated carbocycles. The summed E-state index contributed by atoms with van der Waals surface area (Å²) in [4.78, 5) is 8.71. The number of nitrogens with one attached hydrogen (secondary N) is 1. The van der Waals surface area contributed by atoms with Gasteiger partial charge in [0.1, 0.15) is 22.6 Å². The normalized spacial score (nSPS) is 22.9. The quantitative estimate of drug-likeness (QED) is 0.651. The molecule has 0 radical (unpaired) electrons. The first-order valence-electron chi connectivity index (χ1n) is 10.2. The molecule has 2 fully saturated rings. The van der Waals surface area contributed by atoms with Gasteiger partial charge in [-0.2, -0.15) is 19.6 Å². The van der Waals surface area contributed by atoms with Gasteiger partial charge in [0.25, 0.3) is 0 Å². The van der Waals surface area contributed by atoms with Crippen molar-refractivity contribution in [3.05, 3.63) is 24.2 Å². The highest BCUT2D eigenvalue weighted by atomic mass is 32.2. The highest BCUT2D eigenvalue weighted by molar-refractivity contribution is 7.89. The van der Waals surface area contributed by atoms with Crippen LogP contribution in [0.3, 0.4) is 0 Å². The monoisotopic (exact) mass is 447 g/mol. The Morgan fingerprint density at radius 3 is 2.65 bits per heavy atom. The fraction of sp³-hybridized carbons (Fsp3) is 0.579. The molecule has 2 aromatic rings. The third kappa shape index (κ3) is 4.63. The van der Waals surface area contributed by atoms with Crippen LogP contribution < -0.4 is 10.1 Å². The van der Waals surface area contributed by atoms with Crippen LogP contribution in [0, 0.1) is 11.3 Å². The number of aliphatic hydroxyl groups excluding tert-OH is 1. The Bertz CT molecular complexity index is 1070. The zero-order chi connectivity index (χ0) is 22.0. The lowest BCUT2D eigenvalue weighted by molar-refractivity contribution is 0.0572. The molecule has 2 N–H and O–H groups in total. The standard InChI is InChI=1S/C19H25N7O4S/c1-25-12-15(11-22-25)31(28,29)26-7-5-14(6-8-26)23-19-21-10-13(9-20)18(24-19)30-17-4-2-3-16(17)27/h10-12,14,16-17,27H,2-8H2,1H3,(H,21,23,24)/t16-,17-/m0/s1. The molecule has 0 spiro atoms. The number of nitrogens with zero attached hydrogens (tertiary/aromatic N) is 6. The Morgan fingerprint density at radius 1 is 1.26 bits per heavy atom. The molecule has 1 aliphatic carbocycles. The van der Waals surface area contributed by atoms with Crippen molar-refractivity contribution in [1.29, 1.82) is 5.26 Å². The highest BCUT2D eigenvalue weighted by Crippen LogP contribution is 2.27. The van der Waals surface area contributed by atoms with Gasteiger partial charge in [0, 0.05) is 32.4 Å². The summed E-state index contributed by atoms with van der Waals surface area (Å²) in [6.07, 6.45) is 6.71. The third-order valence-electron chi connectivity index (χ3n) is 5.66. The number of piperidine rings is 1. The Labute approximate surface area is 180 Å². The van der Waals surface area contributed by atoms with Gasteiger partial charge in [-0.25, -0.2) is 13.4 Å². The van der Waals surface area contributed by atoms with E-state index < -0.39 is 16.1 Å². The van der Waals surface area contributed by atoms with Crippen LogP contribution in [0.5, 0.6) is 5.88 Å². The molecule has 11 nitrogen and oxygen atoms in total. The minimum Gasteiger partial charge on any atom is -0.471 e. The van der Waals surface area contributed by atoms with Crippen molar-refractivity contribution in [1.82, 2.24) is 24.1 Å². The number of rotatable bonds is 6. The Hall–Kier alpha value is -2.75. The van der Waals surface area contributed by atoms with Gasteiger partial charge in [-0.05, 0) is 32.1 Å². The Kier molecular flexibility index (Phi) is 6.08. The molecule has 4 rings (SSSR count). The second-order valence-electron chi connectivity index (χ2n) is 7.85. The lowest BCUT2D eigenvalue weighted by Crippen LogP contribution is -2.42. The number of hydrogen-bond acceptors (Lipinski definition) is 9. The molecule has 12 heteroatoms. The van der Waals surface area contributed by atoms with Crippen molar-refractivity contribution in [2.75, 3.05) is 18.4 Å². The zero-order valence-corrected chi connectivity index (χ0v) is 18.0. The number of hydrogen-bond donors (Lipinski definition) is 2. The van der Waals surface area contributed by atoms with Crippen LogP contribution in [0.2, 0.25) is 0 Å². The summed E-state index contributed by atoms with van der Waals surface area (Å²) in [6, 6.07) is 2.00. The van der Waals surface area contributed by atoms with E-state index in [2.05, 4.69) is 20.4 Å². The number of ether oxygens (including phenoxy) is 1. The minimum atomic E-state index is -3.56. The van der Waals surface area contributed by atoms with Gasteiger partial charge in [0.15, 0.2) is 0 Å². The number of nitriles is 1. The van der Waals surface area contributed by atoms with Gasteiger partial charge in [0.2, 0.25) is 21.9 Å². The molecule has 0 unspecified atom stereocenters. The van der Waals surface area contributed by atoms with Crippen molar-refractivity contribution in [2.24, 2.45) is 7.05 Å². The van der Waals surface area contributed by atoms with Crippen LogP contribution in [0.4, 0.5) is 5.95 Å². The molecule has 3 heterocycles. The number of anilines is 1. The summed E-state index contributed by atoms with van der Waals surface area (Å²) in [7, 11) is -1.88. The van der Waals surface area contributed by atoms with Crippen molar-refractivity contribution in [2.45, 2.75) is 55.2 Å². The van der Waals surface area contributed by atoms with E-state index in [1.807, 2.05) is 6.07 Å². The zero-order valence-electron chi connectivity index (χ0n) is 17.2. The van der Waals surface area contributed by atoms with Gasteiger partial charge in [-0.1, -0.05) is 0 Å². The SMILES string of the molecule is Cn1cc(S(=O)(=O)N2CCC(Nc3ncc(C#N)c(O[C@H]4CCC[C@@H]4O)n3)CC2)cn1. The molecule has 2 aliphatic rings. The fourth-order valence-electron chi connectivity index (χ4n) is 3.89. The summed E-state index contributed by atoms with van der Waals surface area (Å²) in [6.45, 7) is 0.728. The van der Waals surface area contributed by atoms with Gasteiger partial charge in [-0.3, -0.25) is 4.68 Å². The molecule has 2 atom stereocenters. The van der Waals surface area contributed by atoms with Crippen molar-refractivity contribution < 1.29 is 18.3 Å². The molecular formula is C19H25N7O4S. The minimum absolute atomic E-state index is 0.0156. The van der Waals surface area contributed by atoms with E-state index in [1.165, 1.54) is 27.6 Å². The predicted molar refractivity (Wildman–Crippen MR) is 110 cm³/mol. The van der Waals surface area contributed by atoms with E-state index in [0.717, 1.165) is 6.42 Å². The van der Waals surface area contributed by atoms with E-state index in [-0.39, 0.29) is 28.5 Å². The van der Waals surface area contributed by atoms with Crippen LogP contribution in [0.25, 0.3) is 0 Å². The average molecular weight is 448 g/mol. The molecule has 2 aromatic heterocycles. The summed E-state index contributed by atoms with van der Waals surface area (Å²) in [5.41, 5.74) is 0.210. The number of aliphatic hydroxyl groups is 1. The number of aryl methyl sites for hydroxylation is 1. The van der Waals surface area contributed by atoms with Gasteiger partial charge < -0.3 is 15.2 Å². The maximum absolute atomic E-state index is 12.7. The Morgan fingerprint density at radius 2 is 2.03 bits per heavy atom. The maximum atomic E-state index is 12.7. The summed E-state index contributed by atoms with van der Waals surface area (Å²) in [5, 5.41) is 26.5. The van der Waals surface area contributed by atoms with Crippen LogP contribution >= 0.6 is 0 Å². The van der Waals surface area contributed by atoms with E-state index in [4.69, 9.17) is 4.74 Å². The predicted octanol–water partition coefficient (Wildman–Crippen LogP) is 0.639. The molecule has 1 saturated heterocycles. The molecule has 166 valence electrons. The maximum Gasteiger partial charge on any atom is 0.246 e. The summed E-state index contributed by atoms with van der Waals surface area (Å²) in [5.74, 6) is 0.470. The first kappa shape index (κ1) is 21.5. The molecule has 0 amide bonds. The third-order valence-corrected chi connectivity index (χ3v) is 7.51. The lowest BCUT2D eigenvalue weighted by atomic mass is 10.1. The average Bonchev–Trinajstić information content (AvgIpc) is 3.37. The van der Waals surface area contributed by atoms with E-state index in [0.29, 0.717) is 44.7 Å². The van der Waals surface area contributed by atoms with Crippen LogP contribution in [-0.2, 0) is 17.1 Å². The molecule has 1 aliphatic heterocycles. The summed E-state index contributed by atoms with van der Waals surface area (Å²) < 4.78 is 34.2. The highest BCUT2D eigenvalue weighted by Gasteiger charge is 2.31. The molecule has 31 heavy (non-hydrogen) atoms. The largest absolute Gasteiger partial charge is 0.471 e. The van der Waals surface area contributed by atoms with E-state index in [1.54, 1.807) is 7.05 Å². The lowest BCUT2D eigenvalue weighted by Gasteiger charge is -2.31. The second-order valence-corrected chi connectivity index (χ2v) is 9.79. The number of aromatic nitrogens is 4. The van der Waals surface area contributed by atoms with E-state index >= 15 is 0 Å². The van der Waals surface area contributed by atoms with Crippen molar-refractivity contribution in [3.8, 4) is 11.9 Å². The second kappa shape index (κ2) is 8.78.